The smallest absolute Gasteiger partial charge is 0.110 e. The van der Waals surface area contributed by atoms with Crippen LogP contribution in [0.2, 0.25) is 0 Å². The third-order valence-corrected chi connectivity index (χ3v) is 10.4. The van der Waals surface area contributed by atoms with Gasteiger partial charge < -0.3 is 4.90 Å². The fraction of sp³-hybridized carbons (Fsp3) is 0.0500. The van der Waals surface area contributed by atoms with Crippen LogP contribution in [0.15, 0.2) is 140 Å². The van der Waals surface area contributed by atoms with E-state index in [0.29, 0.717) is 0 Å². The van der Waals surface area contributed by atoms with E-state index in [1.165, 1.54) is 22.3 Å². The predicted molar refractivity (Wildman–Crippen MR) is 174 cm³/mol. The molecule has 0 amide bonds. The standard InChI is InChI=1S/C40H23N5/c1-3-18-32-28(14-1)39(35-24(10-6-20-41-35)25-11-7-21-42-36(25)39)30-16-5-17-31-34(30)45(32)33-19-4-2-15-29(33)40(31)37-26(12-8-22-43-37)27-13-9-23-44-38(27)40/h1-23H. The number of nitrogens with zero attached hydrogens (tertiary/aromatic N) is 5. The first-order chi connectivity index (χ1) is 22.4. The van der Waals surface area contributed by atoms with Crippen molar-refractivity contribution in [1.82, 2.24) is 19.9 Å². The van der Waals surface area contributed by atoms with E-state index in [9.17, 15) is 0 Å². The first kappa shape index (κ1) is 23.5. The molecule has 7 aromatic rings. The average molecular weight is 574 g/mol. The van der Waals surface area contributed by atoms with Gasteiger partial charge in [-0.05, 0) is 58.7 Å². The second-order valence-corrected chi connectivity index (χ2v) is 12.2. The van der Waals surface area contributed by atoms with E-state index in [2.05, 4.69) is 95.9 Å². The molecule has 4 aromatic heterocycles. The molecule has 4 aliphatic rings. The lowest BCUT2D eigenvalue weighted by Gasteiger charge is -2.50. The Labute approximate surface area is 259 Å². The lowest BCUT2D eigenvalue weighted by Crippen LogP contribution is -2.43. The molecule has 0 N–H and O–H groups in total. The summed E-state index contributed by atoms with van der Waals surface area (Å²) in [6.45, 7) is 0. The van der Waals surface area contributed by atoms with Gasteiger partial charge in [0.25, 0.3) is 0 Å². The van der Waals surface area contributed by atoms with Crippen LogP contribution >= 0.6 is 0 Å². The highest BCUT2D eigenvalue weighted by molar-refractivity contribution is 6.01. The number of hydrogen-bond donors (Lipinski definition) is 0. The van der Waals surface area contributed by atoms with Crippen LogP contribution in [0.25, 0.3) is 22.3 Å². The van der Waals surface area contributed by atoms with Crippen molar-refractivity contribution in [2.75, 3.05) is 4.90 Å². The van der Waals surface area contributed by atoms with E-state index in [1.807, 2.05) is 49.1 Å². The van der Waals surface area contributed by atoms with E-state index in [1.54, 1.807) is 0 Å². The number of rotatable bonds is 0. The maximum absolute atomic E-state index is 5.17. The molecule has 2 aliphatic heterocycles. The molecule has 0 unspecified atom stereocenters. The van der Waals surface area contributed by atoms with Crippen molar-refractivity contribution in [2.24, 2.45) is 0 Å². The molecule has 2 spiro atoms. The number of pyridine rings is 4. The molecule has 0 saturated heterocycles. The summed E-state index contributed by atoms with van der Waals surface area (Å²) in [7, 11) is 0. The molecule has 6 heterocycles. The molecule has 5 nitrogen and oxygen atoms in total. The molecule has 0 bridgehead atoms. The molecular formula is C40H23N5. The molecule has 11 rings (SSSR count). The molecular weight excluding hydrogens is 550 g/mol. The van der Waals surface area contributed by atoms with Crippen molar-refractivity contribution in [3.8, 4) is 22.3 Å². The summed E-state index contributed by atoms with van der Waals surface area (Å²) in [4.78, 5) is 23.1. The van der Waals surface area contributed by atoms with Crippen molar-refractivity contribution >= 4 is 17.1 Å². The van der Waals surface area contributed by atoms with Gasteiger partial charge in [0.15, 0.2) is 0 Å². The number of fused-ring (bicyclic) bond motifs is 18. The third kappa shape index (κ3) is 2.45. The van der Waals surface area contributed by atoms with Crippen molar-refractivity contribution in [1.29, 1.82) is 0 Å². The van der Waals surface area contributed by atoms with Crippen molar-refractivity contribution in [3.05, 3.63) is 185 Å². The summed E-state index contributed by atoms with van der Waals surface area (Å²) in [6.07, 6.45) is 7.69. The second kappa shape index (κ2) is 7.96. The van der Waals surface area contributed by atoms with Crippen LogP contribution in [-0.4, -0.2) is 19.9 Å². The Morgan fingerprint density at radius 1 is 0.356 bits per heavy atom. The van der Waals surface area contributed by atoms with E-state index in [0.717, 1.165) is 62.1 Å². The number of aromatic nitrogens is 4. The summed E-state index contributed by atoms with van der Waals surface area (Å²) in [5, 5.41) is 0. The number of anilines is 3. The Balaban J connectivity index is 1.38. The highest BCUT2D eigenvalue weighted by atomic mass is 15.2. The van der Waals surface area contributed by atoms with Crippen LogP contribution in [0, 0.1) is 0 Å². The molecule has 3 aromatic carbocycles. The van der Waals surface area contributed by atoms with Gasteiger partial charge in [-0.2, -0.15) is 0 Å². The minimum absolute atomic E-state index is 0.697. The molecule has 5 heteroatoms. The fourth-order valence-corrected chi connectivity index (χ4v) is 8.95. The average Bonchev–Trinajstić information content (AvgIpc) is 3.57. The van der Waals surface area contributed by atoms with Crippen LogP contribution in [0.1, 0.15) is 45.0 Å². The van der Waals surface area contributed by atoms with E-state index >= 15 is 0 Å². The molecule has 2 aliphatic carbocycles. The summed E-state index contributed by atoms with van der Waals surface area (Å²) in [6, 6.07) is 41.3. The second-order valence-electron chi connectivity index (χ2n) is 12.2. The lowest BCUT2D eigenvalue weighted by molar-refractivity contribution is 0.664. The Kier molecular flexibility index (Phi) is 4.16. The quantitative estimate of drug-likeness (QED) is 0.184. The van der Waals surface area contributed by atoms with Gasteiger partial charge in [0.2, 0.25) is 0 Å². The first-order valence-corrected chi connectivity index (χ1v) is 15.3. The van der Waals surface area contributed by atoms with Crippen LogP contribution < -0.4 is 4.90 Å². The summed E-state index contributed by atoms with van der Waals surface area (Å²) in [5.41, 5.74) is 15.4. The van der Waals surface area contributed by atoms with Crippen molar-refractivity contribution in [2.45, 2.75) is 10.8 Å². The van der Waals surface area contributed by atoms with Crippen molar-refractivity contribution in [3.63, 3.8) is 0 Å². The van der Waals surface area contributed by atoms with Gasteiger partial charge in [0, 0.05) is 47.0 Å². The SMILES string of the molecule is c1cnc2c(c1)-c1cccnc1C21c2ccccc2N2c3ccccc3C3(c4cccc1c42)c1ncccc1-c1cccnc13. The fourth-order valence-electron chi connectivity index (χ4n) is 8.95. The first-order valence-electron chi connectivity index (χ1n) is 15.3. The summed E-state index contributed by atoms with van der Waals surface area (Å²) < 4.78 is 0. The Bertz CT molecular complexity index is 2170. The number of para-hydroxylation sites is 3. The van der Waals surface area contributed by atoms with Gasteiger partial charge in [-0.3, -0.25) is 19.9 Å². The summed E-state index contributed by atoms with van der Waals surface area (Å²) >= 11 is 0. The van der Waals surface area contributed by atoms with E-state index < -0.39 is 10.8 Å². The molecule has 208 valence electrons. The van der Waals surface area contributed by atoms with Crippen LogP contribution in [0.5, 0.6) is 0 Å². The highest BCUT2D eigenvalue weighted by Gasteiger charge is 2.60. The Morgan fingerprint density at radius 2 is 0.711 bits per heavy atom. The normalized spacial score (nSPS) is 15.9. The predicted octanol–water partition coefficient (Wildman–Crippen LogP) is 8.09. The van der Waals surface area contributed by atoms with Crippen LogP contribution in [0.4, 0.5) is 17.1 Å². The molecule has 0 fully saturated rings. The van der Waals surface area contributed by atoms with E-state index in [-0.39, 0.29) is 0 Å². The van der Waals surface area contributed by atoms with Gasteiger partial charge >= 0.3 is 0 Å². The monoisotopic (exact) mass is 573 g/mol. The minimum Gasteiger partial charge on any atom is -0.309 e. The van der Waals surface area contributed by atoms with Gasteiger partial charge in [-0.15, -0.1) is 0 Å². The van der Waals surface area contributed by atoms with Crippen molar-refractivity contribution < 1.29 is 0 Å². The van der Waals surface area contributed by atoms with Gasteiger partial charge in [-0.1, -0.05) is 78.9 Å². The van der Waals surface area contributed by atoms with Gasteiger partial charge in [-0.25, -0.2) is 0 Å². The largest absolute Gasteiger partial charge is 0.309 e. The maximum Gasteiger partial charge on any atom is 0.110 e. The van der Waals surface area contributed by atoms with E-state index in [4.69, 9.17) is 19.9 Å². The van der Waals surface area contributed by atoms with Crippen LogP contribution in [0.3, 0.4) is 0 Å². The van der Waals surface area contributed by atoms with Gasteiger partial charge in [0.1, 0.15) is 10.8 Å². The number of hydrogen-bond acceptors (Lipinski definition) is 5. The maximum atomic E-state index is 5.17. The summed E-state index contributed by atoms with van der Waals surface area (Å²) in [5.74, 6) is 0. The zero-order chi connectivity index (χ0) is 29.3. The molecule has 0 saturated carbocycles. The molecule has 0 atom stereocenters. The Hall–Kier alpha value is -5.94. The van der Waals surface area contributed by atoms with Gasteiger partial charge in [0.05, 0.1) is 39.8 Å². The zero-order valence-corrected chi connectivity index (χ0v) is 24.0. The highest BCUT2D eigenvalue weighted by Crippen LogP contribution is 2.69. The molecule has 45 heavy (non-hydrogen) atoms. The molecule has 0 radical (unpaired) electrons. The Morgan fingerprint density at radius 3 is 1.11 bits per heavy atom. The topological polar surface area (TPSA) is 54.8 Å². The zero-order valence-electron chi connectivity index (χ0n) is 24.0. The minimum atomic E-state index is -0.697. The van der Waals surface area contributed by atoms with Crippen LogP contribution in [-0.2, 0) is 10.8 Å². The third-order valence-electron chi connectivity index (χ3n) is 10.4. The lowest BCUT2D eigenvalue weighted by atomic mass is 9.61. The number of benzene rings is 3.